The smallest absolute Gasteiger partial charge is 0.285 e. The lowest BCUT2D eigenvalue weighted by Gasteiger charge is -2.27. The zero-order valence-electron chi connectivity index (χ0n) is 18.7. The van der Waals surface area contributed by atoms with Crippen molar-refractivity contribution in [1.29, 1.82) is 5.26 Å². The number of hydrogen-bond acceptors (Lipinski definition) is 6. The number of anilines is 1. The van der Waals surface area contributed by atoms with Gasteiger partial charge in [0.15, 0.2) is 5.69 Å². The molecule has 0 radical (unpaired) electrons. The summed E-state index contributed by atoms with van der Waals surface area (Å²) in [6, 6.07) is 15.2. The van der Waals surface area contributed by atoms with Crippen molar-refractivity contribution >= 4 is 27.1 Å². The summed E-state index contributed by atoms with van der Waals surface area (Å²) in [4.78, 5) is 14.4. The van der Waals surface area contributed by atoms with E-state index in [4.69, 9.17) is 5.26 Å². The van der Waals surface area contributed by atoms with Crippen molar-refractivity contribution in [2.45, 2.75) is 23.8 Å². The monoisotopic (exact) mass is 507 g/mol. The number of amides is 1. The van der Waals surface area contributed by atoms with Crippen LogP contribution in [0.3, 0.4) is 0 Å². The molecule has 1 N–H and O–H groups in total. The van der Waals surface area contributed by atoms with Gasteiger partial charge in [0.2, 0.25) is 0 Å². The number of sulfonamides is 1. The Hall–Kier alpha value is -4.30. The van der Waals surface area contributed by atoms with Gasteiger partial charge < -0.3 is 4.90 Å². The molecule has 1 saturated heterocycles. The maximum Gasteiger partial charge on any atom is 0.285 e. The molecule has 0 bridgehead atoms. The third-order valence-corrected chi connectivity index (χ3v) is 7.41. The van der Waals surface area contributed by atoms with E-state index >= 15 is 0 Å². The van der Waals surface area contributed by atoms with Gasteiger partial charge in [-0.25, -0.2) is 26.4 Å². The van der Waals surface area contributed by atoms with Crippen LogP contribution >= 0.6 is 0 Å². The Labute approximate surface area is 205 Å². The SMILES string of the molecule is N#Cc1cccc(S(=O)(=O)NC(=O)c2cc3cc(N4CCC[C@@H]4c4cc(F)ccc4F)ccn3n2)c1. The third-order valence-electron chi connectivity index (χ3n) is 6.08. The number of carbonyl (C=O) groups excluding carboxylic acids is 1. The molecule has 1 aliphatic heterocycles. The summed E-state index contributed by atoms with van der Waals surface area (Å²) in [6.07, 6.45) is 3.07. The number of nitriles is 1. The highest BCUT2D eigenvalue weighted by atomic mass is 32.2. The van der Waals surface area contributed by atoms with Crippen LogP contribution in [0.1, 0.15) is 40.5 Å². The highest BCUT2D eigenvalue weighted by Crippen LogP contribution is 2.37. The first-order valence-corrected chi connectivity index (χ1v) is 12.5. The lowest BCUT2D eigenvalue weighted by atomic mass is 10.0. The van der Waals surface area contributed by atoms with Crippen molar-refractivity contribution in [3.63, 3.8) is 0 Å². The van der Waals surface area contributed by atoms with Gasteiger partial charge in [0, 0.05) is 24.0 Å². The molecule has 2 aromatic carbocycles. The Morgan fingerprint density at radius 2 is 1.94 bits per heavy atom. The Kier molecular flexibility index (Phi) is 5.89. The topological polar surface area (TPSA) is 108 Å². The van der Waals surface area contributed by atoms with E-state index < -0.39 is 27.6 Å². The molecule has 1 atom stereocenters. The number of nitrogens with one attached hydrogen (secondary N) is 1. The lowest BCUT2D eigenvalue weighted by molar-refractivity contribution is 0.0976. The van der Waals surface area contributed by atoms with Gasteiger partial charge in [0.05, 0.1) is 28.1 Å². The molecule has 5 rings (SSSR count). The molecule has 182 valence electrons. The molecule has 1 aliphatic rings. The predicted molar refractivity (Wildman–Crippen MR) is 127 cm³/mol. The molecule has 36 heavy (non-hydrogen) atoms. The molecule has 0 spiro atoms. The number of aromatic nitrogens is 2. The Morgan fingerprint density at radius 3 is 2.75 bits per heavy atom. The fraction of sp³-hybridized carbons (Fsp3) is 0.160. The van der Waals surface area contributed by atoms with Crippen LogP contribution < -0.4 is 9.62 Å². The van der Waals surface area contributed by atoms with Crippen LogP contribution in [0.25, 0.3) is 5.52 Å². The van der Waals surface area contributed by atoms with Crippen molar-refractivity contribution in [3.8, 4) is 6.07 Å². The van der Waals surface area contributed by atoms with Gasteiger partial charge in [-0.2, -0.15) is 10.4 Å². The van der Waals surface area contributed by atoms with Crippen molar-refractivity contribution in [1.82, 2.24) is 14.3 Å². The lowest BCUT2D eigenvalue weighted by Crippen LogP contribution is -2.31. The van der Waals surface area contributed by atoms with E-state index in [2.05, 4.69) is 5.10 Å². The Balaban J connectivity index is 1.41. The third kappa shape index (κ3) is 4.38. The summed E-state index contributed by atoms with van der Waals surface area (Å²) < 4.78 is 56.8. The van der Waals surface area contributed by atoms with Crippen molar-refractivity contribution in [2.75, 3.05) is 11.4 Å². The molecular weight excluding hydrogens is 488 g/mol. The Morgan fingerprint density at radius 1 is 1.11 bits per heavy atom. The number of benzene rings is 2. The minimum Gasteiger partial charge on any atom is -0.364 e. The van der Waals surface area contributed by atoms with E-state index in [1.54, 1.807) is 18.3 Å². The summed E-state index contributed by atoms with van der Waals surface area (Å²) in [5.74, 6) is -1.91. The first-order chi connectivity index (χ1) is 17.2. The number of pyridine rings is 1. The number of hydrogen-bond donors (Lipinski definition) is 1. The number of fused-ring (bicyclic) bond motifs is 1. The zero-order valence-corrected chi connectivity index (χ0v) is 19.5. The van der Waals surface area contributed by atoms with Crippen LogP contribution in [0.2, 0.25) is 0 Å². The fourth-order valence-electron chi connectivity index (χ4n) is 4.41. The van der Waals surface area contributed by atoms with E-state index in [9.17, 15) is 22.0 Å². The maximum absolute atomic E-state index is 14.4. The standard InChI is InChI=1S/C25H19F2N5O3S/c26-17-6-7-22(27)21(12-17)24-5-2-9-31(24)18-8-10-32-19(13-18)14-23(29-32)25(33)30-36(34,35)20-4-1-3-16(11-20)15-28/h1,3-4,6-8,10-14,24H,2,5,9H2,(H,30,33)/t24-/m1/s1. The van der Waals surface area contributed by atoms with E-state index in [1.165, 1.54) is 40.9 Å². The number of nitrogens with zero attached hydrogens (tertiary/aromatic N) is 4. The summed E-state index contributed by atoms with van der Waals surface area (Å²) in [5.41, 5.74) is 1.56. The van der Waals surface area contributed by atoms with Crippen molar-refractivity contribution in [2.24, 2.45) is 0 Å². The molecule has 4 aromatic rings. The average molecular weight is 508 g/mol. The van der Waals surface area contributed by atoms with Crippen molar-refractivity contribution in [3.05, 3.63) is 95.3 Å². The average Bonchev–Trinajstić information content (AvgIpc) is 3.52. The molecule has 2 aromatic heterocycles. The summed E-state index contributed by atoms with van der Waals surface area (Å²) in [7, 11) is -4.22. The first kappa shape index (κ1) is 23.4. The van der Waals surface area contributed by atoms with Gasteiger partial charge in [-0.3, -0.25) is 4.79 Å². The summed E-state index contributed by atoms with van der Waals surface area (Å²) in [6.45, 7) is 0.637. The van der Waals surface area contributed by atoms with Gasteiger partial charge >= 0.3 is 0 Å². The van der Waals surface area contributed by atoms with Crippen molar-refractivity contribution < 1.29 is 22.0 Å². The van der Waals surface area contributed by atoms with Gasteiger partial charge in [0.25, 0.3) is 15.9 Å². The molecular formula is C25H19F2N5O3S. The van der Waals surface area contributed by atoms with Gasteiger partial charge in [-0.1, -0.05) is 6.07 Å². The van der Waals surface area contributed by atoms with Crippen LogP contribution in [0.5, 0.6) is 0 Å². The minimum absolute atomic E-state index is 0.124. The second-order valence-corrected chi connectivity index (χ2v) is 10.1. The highest BCUT2D eigenvalue weighted by molar-refractivity contribution is 7.90. The summed E-state index contributed by atoms with van der Waals surface area (Å²) >= 11 is 0. The van der Waals surface area contributed by atoms with Crippen LogP contribution in [-0.2, 0) is 10.0 Å². The second kappa shape index (κ2) is 9.05. The summed E-state index contributed by atoms with van der Waals surface area (Å²) in [5, 5.41) is 13.1. The first-order valence-electron chi connectivity index (χ1n) is 11.0. The van der Waals surface area contributed by atoms with E-state index in [0.717, 1.165) is 24.2 Å². The maximum atomic E-state index is 14.4. The molecule has 0 saturated carbocycles. The van der Waals surface area contributed by atoms with Crippen LogP contribution in [0.15, 0.2) is 71.8 Å². The van der Waals surface area contributed by atoms with E-state index in [1.807, 2.05) is 15.7 Å². The van der Waals surface area contributed by atoms with E-state index in [-0.39, 0.29) is 27.8 Å². The second-order valence-electron chi connectivity index (χ2n) is 8.38. The molecule has 1 amide bonds. The quantitative estimate of drug-likeness (QED) is 0.438. The normalized spacial score (nSPS) is 15.7. The number of halogens is 2. The molecule has 11 heteroatoms. The van der Waals surface area contributed by atoms with Crippen LogP contribution in [0.4, 0.5) is 14.5 Å². The zero-order chi connectivity index (χ0) is 25.4. The van der Waals surface area contributed by atoms with E-state index in [0.29, 0.717) is 18.5 Å². The molecule has 3 heterocycles. The predicted octanol–water partition coefficient (Wildman–Crippen LogP) is 3.94. The van der Waals surface area contributed by atoms with Gasteiger partial charge in [-0.15, -0.1) is 0 Å². The number of carbonyl (C=O) groups is 1. The molecule has 8 nitrogen and oxygen atoms in total. The fourth-order valence-corrected chi connectivity index (χ4v) is 5.41. The molecule has 0 aliphatic carbocycles. The highest BCUT2D eigenvalue weighted by Gasteiger charge is 2.29. The minimum atomic E-state index is -4.22. The Bertz CT molecular complexity index is 1650. The largest absolute Gasteiger partial charge is 0.364 e. The van der Waals surface area contributed by atoms with Crippen LogP contribution in [0, 0.1) is 23.0 Å². The number of rotatable bonds is 5. The molecule has 0 unspecified atom stereocenters. The molecule has 1 fully saturated rings. The van der Waals surface area contributed by atoms with Gasteiger partial charge in [0.1, 0.15) is 11.6 Å². The van der Waals surface area contributed by atoms with Crippen LogP contribution in [-0.4, -0.2) is 30.5 Å². The van der Waals surface area contributed by atoms with Gasteiger partial charge in [-0.05, 0) is 67.4 Å².